The number of carbonyl (C=O) groups is 1. The van der Waals surface area contributed by atoms with Gasteiger partial charge in [0.25, 0.3) is 0 Å². The quantitative estimate of drug-likeness (QED) is 0.346. The molecule has 6 heteroatoms. The van der Waals surface area contributed by atoms with Crippen molar-refractivity contribution >= 4 is 28.6 Å². The maximum Gasteiger partial charge on any atom is 0.230 e. The van der Waals surface area contributed by atoms with E-state index in [0.29, 0.717) is 6.61 Å². The zero-order chi connectivity index (χ0) is 23.3. The molecule has 1 amide bonds. The zero-order valence-electron chi connectivity index (χ0n) is 19.2. The standard InChI is InChI=1S/C28H27N3O2S/c1-2-33-26-14-8-5-11-23(26)28-29-22(19-34-28)17-27(32)30-24-12-6-3-10-21(24)18-31-16-15-20-9-4-7-13-25(20)31/h3-14,19H,2,15-18H2,1H3,(H,30,32). The second-order valence-electron chi connectivity index (χ2n) is 8.26. The van der Waals surface area contributed by atoms with E-state index in [1.165, 1.54) is 22.6 Å². The molecule has 0 bridgehead atoms. The average molecular weight is 470 g/mol. The van der Waals surface area contributed by atoms with Crippen LogP contribution in [0.2, 0.25) is 0 Å². The third-order valence-electron chi connectivity index (χ3n) is 5.95. The van der Waals surface area contributed by atoms with E-state index in [0.717, 1.165) is 52.8 Å². The van der Waals surface area contributed by atoms with Gasteiger partial charge in [-0.2, -0.15) is 0 Å². The number of rotatable bonds is 8. The van der Waals surface area contributed by atoms with Crippen molar-refractivity contribution in [2.24, 2.45) is 0 Å². The van der Waals surface area contributed by atoms with Crippen molar-refractivity contribution in [1.29, 1.82) is 0 Å². The number of nitrogens with zero attached hydrogens (tertiary/aromatic N) is 2. The Balaban J connectivity index is 1.27. The van der Waals surface area contributed by atoms with Crippen LogP contribution in [0.4, 0.5) is 11.4 Å². The number of ether oxygens (including phenoxy) is 1. The maximum atomic E-state index is 12.9. The molecule has 0 radical (unpaired) electrons. The van der Waals surface area contributed by atoms with Gasteiger partial charge in [-0.05, 0) is 48.7 Å². The van der Waals surface area contributed by atoms with Gasteiger partial charge in [-0.15, -0.1) is 11.3 Å². The van der Waals surface area contributed by atoms with E-state index in [9.17, 15) is 4.79 Å². The fourth-order valence-corrected chi connectivity index (χ4v) is 5.20. The number of amides is 1. The van der Waals surface area contributed by atoms with E-state index in [2.05, 4.69) is 40.5 Å². The van der Waals surface area contributed by atoms with Crippen molar-refractivity contribution in [3.05, 3.63) is 95.0 Å². The van der Waals surface area contributed by atoms with Crippen molar-refractivity contribution in [2.75, 3.05) is 23.4 Å². The molecule has 1 aromatic heterocycles. The van der Waals surface area contributed by atoms with Gasteiger partial charge in [-0.1, -0.05) is 48.5 Å². The second kappa shape index (κ2) is 10.1. The number of hydrogen-bond donors (Lipinski definition) is 1. The van der Waals surface area contributed by atoms with Gasteiger partial charge in [0.05, 0.1) is 24.3 Å². The minimum absolute atomic E-state index is 0.0655. The lowest BCUT2D eigenvalue weighted by Crippen LogP contribution is -2.22. The molecule has 0 spiro atoms. The summed E-state index contributed by atoms with van der Waals surface area (Å²) in [6.45, 7) is 4.32. The summed E-state index contributed by atoms with van der Waals surface area (Å²) < 4.78 is 5.73. The Hall–Kier alpha value is -3.64. The highest BCUT2D eigenvalue weighted by Crippen LogP contribution is 2.33. The van der Waals surface area contributed by atoms with E-state index in [1.54, 1.807) is 0 Å². The number of hydrogen-bond acceptors (Lipinski definition) is 5. The molecule has 0 aliphatic carbocycles. The summed E-state index contributed by atoms with van der Waals surface area (Å²) >= 11 is 1.53. The first kappa shape index (κ1) is 22.2. The molecule has 3 aromatic carbocycles. The highest BCUT2D eigenvalue weighted by molar-refractivity contribution is 7.13. The molecule has 1 aliphatic rings. The number of para-hydroxylation sites is 3. The lowest BCUT2D eigenvalue weighted by molar-refractivity contribution is -0.115. The average Bonchev–Trinajstić information content (AvgIpc) is 3.48. The van der Waals surface area contributed by atoms with E-state index < -0.39 is 0 Å². The SMILES string of the molecule is CCOc1ccccc1-c1nc(CC(=O)Nc2ccccc2CN2CCc3ccccc32)cs1. The summed E-state index contributed by atoms with van der Waals surface area (Å²) in [4.78, 5) is 20.0. The molecule has 172 valence electrons. The smallest absolute Gasteiger partial charge is 0.230 e. The van der Waals surface area contributed by atoms with Crippen molar-refractivity contribution in [1.82, 2.24) is 4.98 Å². The molecule has 4 aromatic rings. The molecular weight excluding hydrogens is 442 g/mol. The fourth-order valence-electron chi connectivity index (χ4n) is 4.35. The number of aromatic nitrogens is 1. The predicted octanol–water partition coefficient (Wildman–Crippen LogP) is 5.95. The van der Waals surface area contributed by atoms with Gasteiger partial charge < -0.3 is 15.0 Å². The number of fused-ring (bicyclic) bond motifs is 1. The Morgan fingerprint density at radius 2 is 1.85 bits per heavy atom. The third kappa shape index (κ3) is 4.82. The Morgan fingerprint density at radius 1 is 1.06 bits per heavy atom. The van der Waals surface area contributed by atoms with Crippen molar-refractivity contribution in [3.63, 3.8) is 0 Å². The zero-order valence-corrected chi connectivity index (χ0v) is 20.0. The van der Waals surface area contributed by atoms with Crippen LogP contribution >= 0.6 is 11.3 Å². The molecule has 1 aliphatic heterocycles. The normalized spacial score (nSPS) is 12.4. The van der Waals surface area contributed by atoms with Gasteiger partial charge in [0, 0.05) is 29.8 Å². The minimum Gasteiger partial charge on any atom is -0.493 e. The lowest BCUT2D eigenvalue weighted by atomic mass is 10.1. The van der Waals surface area contributed by atoms with Crippen LogP contribution in [0.3, 0.4) is 0 Å². The molecule has 0 saturated heterocycles. The number of nitrogens with one attached hydrogen (secondary N) is 1. The summed E-state index contributed by atoms with van der Waals surface area (Å²) in [5, 5.41) is 5.92. The Kier molecular flexibility index (Phi) is 6.58. The Bertz CT molecular complexity index is 1300. The third-order valence-corrected chi connectivity index (χ3v) is 6.87. The summed E-state index contributed by atoms with van der Waals surface area (Å²) in [5.74, 6) is 0.747. The van der Waals surface area contributed by atoms with Crippen LogP contribution in [-0.2, 0) is 24.2 Å². The van der Waals surface area contributed by atoms with Gasteiger partial charge >= 0.3 is 0 Å². The first-order chi connectivity index (χ1) is 16.7. The first-order valence-corrected chi connectivity index (χ1v) is 12.5. The Morgan fingerprint density at radius 3 is 2.76 bits per heavy atom. The van der Waals surface area contributed by atoms with Gasteiger partial charge in [-0.25, -0.2) is 4.98 Å². The molecule has 5 rings (SSSR count). The number of benzene rings is 3. The van der Waals surface area contributed by atoms with Crippen molar-refractivity contribution < 1.29 is 9.53 Å². The second-order valence-corrected chi connectivity index (χ2v) is 9.11. The van der Waals surface area contributed by atoms with Crippen molar-refractivity contribution in [2.45, 2.75) is 26.3 Å². The van der Waals surface area contributed by atoms with E-state index in [1.807, 2.05) is 54.8 Å². The highest BCUT2D eigenvalue weighted by atomic mass is 32.1. The van der Waals surface area contributed by atoms with Gasteiger partial charge in [0.2, 0.25) is 5.91 Å². The van der Waals surface area contributed by atoms with E-state index >= 15 is 0 Å². The molecule has 0 unspecified atom stereocenters. The van der Waals surface area contributed by atoms with E-state index in [-0.39, 0.29) is 12.3 Å². The molecule has 5 nitrogen and oxygen atoms in total. The fraction of sp³-hybridized carbons (Fsp3) is 0.214. The van der Waals surface area contributed by atoms with Crippen LogP contribution in [0.25, 0.3) is 10.6 Å². The van der Waals surface area contributed by atoms with Crippen molar-refractivity contribution in [3.8, 4) is 16.3 Å². The lowest BCUT2D eigenvalue weighted by Gasteiger charge is -2.21. The Labute approximate surface area is 204 Å². The number of carbonyl (C=O) groups excluding carboxylic acids is 1. The summed E-state index contributed by atoms with van der Waals surface area (Å²) in [6, 6.07) is 24.5. The van der Waals surface area contributed by atoms with Crippen LogP contribution in [0, 0.1) is 0 Å². The van der Waals surface area contributed by atoms with Gasteiger partial charge in [0.15, 0.2) is 0 Å². The van der Waals surface area contributed by atoms with Crippen LogP contribution in [0.5, 0.6) is 5.75 Å². The molecule has 2 heterocycles. The molecule has 1 N–H and O–H groups in total. The molecule has 34 heavy (non-hydrogen) atoms. The van der Waals surface area contributed by atoms with Gasteiger partial charge in [-0.3, -0.25) is 4.79 Å². The predicted molar refractivity (Wildman–Crippen MR) is 139 cm³/mol. The monoisotopic (exact) mass is 469 g/mol. The van der Waals surface area contributed by atoms with Crippen LogP contribution in [-0.4, -0.2) is 24.0 Å². The van der Waals surface area contributed by atoms with Crippen LogP contribution in [0.15, 0.2) is 78.2 Å². The molecule has 0 saturated carbocycles. The molecule has 0 fully saturated rings. The van der Waals surface area contributed by atoms with Gasteiger partial charge in [0.1, 0.15) is 10.8 Å². The first-order valence-electron chi connectivity index (χ1n) is 11.6. The molecule has 0 atom stereocenters. The summed E-state index contributed by atoms with van der Waals surface area (Å²) in [7, 11) is 0. The maximum absolute atomic E-state index is 12.9. The van der Waals surface area contributed by atoms with Crippen LogP contribution in [0.1, 0.15) is 23.7 Å². The largest absolute Gasteiger partial charge is 0.493 e. The minimum atomic E-state index is -0.0655. The highest BCUT2D eigenvalue weighted by Gasteiger charge is 2.20. The van der Waals surface area contributed by atoms with Crippen LogP contribution < -0.4 is 15.0 Å². The number of anilines is 2. The summed E-state index contributed by atoms with van der Waals surface area (Å²) in [6.07, 6.45) is 1.29. The van der Waals surface area contributed by atoms with E-state index in [4.69, 9.17) is 9.72 Å². The topological polar surface area (TPSA) is 54.5 Å². The summed E-state index contributed by atoms with van der Waals surface area (Å²) in [5.41, 5.74) is 6.35. The number of thiazole rings is 1. The molecular formula is C28H27N3O2S.